The molecule has 0 aliphatic carbocycles. The van der Waals surface area contributed by atoms with Crippen LogP contribution in [0.5, 0.6) is 11.6 Å². The van der Waals surface area contributed by atoms with Crippen LogP contribution in [-0.2, 0) is 11.2 Å². The molecule has 0 aliphatic rings. The lowest BCUT2D eigenvalue weighted by atomic mass is 10.2. The first-order valence-electron chi connectivity index (χ1n) is 5.66. The highest BCUT2D eigenvalue weighted by Crippen LogP contribution is 2.27. The van der Waals surface area contributed by atoms with E-state index in [4.69, 9.17) is 9.84 Å². The van der Waals surface area contributed by atoms with Crippen molar-refractivity contribution in [1.29, 1.82) is 0 Å². The minimum Gasteiger partial charge on any atom is -0.508 e. The van der Waals surface area contributed by atoms with Gasteiger partial charge in [-0.05, 0) is 19.1 Å². The van der Waals surface area contributed by atoms with Gasteiger partial charge in [-0.15, -0.1) is 0 Å². The van der Waals surface area contributed by atoms with Crippen LogP contribution in [-0.4, -0.2) is 33.1 Å². The van der Waals surface area contributed by atoms with Gasteiger partial charge >= 0.3 is 5.97 Å². The summed E-state index contributed by atoms with van der Waals surface area (Å²) in [4.78, 5) is 10.9. The number of hydrogen-bond acceptors (Lipinski definition) is 4. The van der Waals surface area contributed by atoms with Crippen molar-refractivity contribution in [3.05, 3.63) is 35.5 Å². The first kappa shape index (κ1) is 12.9. The van der Waals surface area contributed by atoms with Crippen molar-refractivity contribution in [2.75, 3.05) is 7.11 Å². The van der Waals surface area contributed by atoms with Crippen LogP contribution in [0.4, 0.5) is 0 Å². The van der Waals surface area contributed by atoms with Gasteiger partial charge in [0.05, 0.1) is 24.9 Å². The number of aryl methyl sites for hydroxylation is 1. The van der Waals surface area contributed by atoms with E-state index in [1.165, 1.54) is 17.9 Å². The Morgan fingerprint density at radius 3 is 2.79 bits per heavy atom. The number of carbonyl (C=O) groups is 1. The second-order valence-corrected chi connectivity index (χ2v) is 4.08. The summed E-state index contributed by atoms with van der Waals surface area (Å²) in [6, 6.07) is 6.50. The maximum Gasteiger partial charge on any atom is 0.308 e. The highest BCUT2D eigenvalue weighted by Gasteiger charge is 2.19. The second-order valence-electron chi connectivity index (χ2n) is 4.08. The van der Waals surface area contributed by atoms with E-state index in [-0.39, 0.29) is 12.2 Å². The lowest BCUT2D eigenvalue weighted by Crippen LogP contribution is -2.04. The van der Waals surface area contributed by atoms with Crippen LogP contribution in [0.25, 0.3) is 5.69 Å². The van der Waals surface area contributed by atoms with Crippen LogP contribution < -0.4 is 4.74 Å². The predicted molar refractivity (Wildman–Crippen MR) is 67.9 cm³/mol. The molecule has 1 aromatic carbocycles. The molecule has 0 saturated carbocycles. The van der Waals surface area contributed by atoms with Crippen molar-refractivity contribution in [2.24, 2.45) is 0 Å². The number of rotatable bonds is 4. The average Bonchev–Trinajstić information content (AvgIpc) is 2.66. The third kappa shape index (κ3) is 2.52. The Kier molecular flexibility index (Phi) is 3.41. The molecule has 2 N–H and O–H groups in total. The Bertz CT molecular complexity index is 619. The molecule has 0 bridgehead atoms. The van der Waals surface area contributed by atoms with Gasteiger partial charge in [-0.1, -0.05) is 6.07 Å². The molecule has 0 spiro atoms. The first-order valence-corrected chi connectivity index (χ1v) is 5.66. The van der Waals surface area contributed by atoms with Crippen molar-refractivity contribution < 1.29 is 19.7 Å². The molecule has 2 rings (SSSR count). The van der Waals surface area contributed by atoms with Gasteiger partial charge in [0.15, 0.2) is 0 Å². The van der Waals surface area contributed by atoms with Crippen LogP contribution in [0.15, 0.2) is 24.3 Å². The van der Waals surface area contributed by atoms with Gasteiger partial charge in [0.1, 0.15) is 5.75 Å². The largest absolute Gasteiger partial charge is 0.508 e. The van der Waals surface area contributed by atoms with E-state index in [1.807, 2.05) is 0 Å². The van der Waals surface area contributed by atoms with Crippen LogP contribution in [0.2, 0.25) is 0 Å². The number of ether oxygens (including phenoxy) is 1. The molecule has 19 heavy (non-hydrogen) atoms. The van der Waals surface area contributed by atoms with Crippen LogP contribution in [0, 0.1) is 6.92 Å². The summed E-state index contributed by atoms with van der Waals surface area (Å²) >= 11 is 0. The third-order valence-electron chi connectivity index (χ3n) is 2.73. The molecule has 0 radical (unpaired) electrons. The first-order chi connectivity index (χ1) is 9.02. The monoisotopic (exact) mass is 262 g/mol. The highest BCUT2D eigenvalue weighted by molar-refractivity contribution is 5.71. The molecule has 0 aliphatic heterocycles. The zero-order chi connectivity index (χ0) is 14.0. The Morgan fingerprint density at radius 2 is 2.21 bits per heavy atom. The molecule has 0 atom stereocenters. The number of carboxylic acids is 1. The van der Waals surface area contributed by atoms with E-state index in [0.29, 0.717) is 22.8 Å². The van der Waals surface area contributed by atoms with Gasteiger partial charge in [-0.2, -0.15) is 5.10 Å². The summed E-state index contributed by atoms with van der Waals surface area (Å²) in [5.74, 6) is -0.477. The number of phenolic OH excluding ortho intramolecular Hbond substituents is 1. The Morgan fingerprint density at radius 1 is 1.47 bits per heavy atom. The van der Waals surface area contributed by atoms with Gasteiger partial charge in [-0.3, -0.25) is 4.79 Å². The molecular formula is C13H14N2O4. The molecule has 0 saturated heterocycles. The summed E-state index contributed by atoms with van der Waals surface area (Å²) in [6.45, 7) is 1.72. The molecule has 0 unspecified atom stereocenters. The Labute approximate surface area is 109 Å². The fourth-order valence-corrected chi connectivity index (χ4v) is 1.90. The minimum absolute atomic E-state index is 0.104. The molecule has 2 aromatic rings. The van der Waals surface area contributed by atoms with Crippen molar-refractivity contribution in [1.82, 2.24) is 9.78 Å². The fourth-order valence-electron chi connectivity index (χ4n) is 1.90. The number of aromatic nitrogens is 2. The van der Waals surface area contributed by atoms with Crippen LogP contribution >= 0.6 is 0 Å². The smallest absolute Gasteiger partial charge is 0.308 e. The fraction of sp³-hybridized carbons (Fsp3) is 0.231. The van der Waals surface area contributed by atoms with Gasteiger partial charge in [0.2, 0.25) is 5.88 Å². The van der Waals surface area contributed by atoms with E-state index in [1.54, 1.807) is 25.1 Å². The maximum absolute atomic E-state index is 10.9. The van der Waals surface area contributed by atoms with Crippen molar-refractivity contribution in [3.63, 3.8) is 0 Å². The number of aromatic hydroxyl groups is 1. The average molecular weight is 262 g/mol. The molecular weight excluding hydrogens is 248 g/mol. The number of benzene rings is 1. The lowest BCUT2D eigenvalue weighted by Gasteiger charge is -2.07. The van der Waals surface area contributed by atoms with E-state index >= 15 is 0 Å². The zero-order valence-electron chi connectivity index (χ0n) is 10.6. The molecule has 0 amide bonds. The Balaban J connectivity index is 2.55. The number of phenols is 1. The summed E-state index contributed by atoms with van der Waals surface area (Å²) in [7, 11) is 1.46. The van der Waals surface area contributed by atoms with E-state index in [2.05, 4.69) is 5.10 Å². The highest BCUT2D eigenvalue weighted by atomic mass is 16.5. The third-order valence-corrected chi connectivity index (χ3v) is 2.73. The standard InChI is InChI=1S/C13H14N2O4/c1-8-11(7-12(17)18)13(19-2)15(14-8)9-4-3-5-10(16)6-9/h3-6,16H,7H2,1-2H3,(H,17,18). The molecule has 6 nitrogen and oxygen atoms in total. The molecule has 0 fully saturated rings. The van der Waals surface area contributed by atoms with E-state index < -0.39 is 5.97 Å². The number of aliphatic carboxylic acids is 1. The minimum atomic E-state index is -0.947. The molecule has 100 valence electrons. The summed E-state index contributed by atoms with van der Waals surface area (Å²) in [6.07, 6.45) is -0.159. The van der Waals surface area contributed by atoms with Crippen molar-refractivity contribution >= 4 is 5.97 Å². The van der Waals surface area contributed by atoms with Gasteiger partial charge in [0.25, 0.3) is 0 Å². The summed E-state index contributed by atoms with van der Waals surface area (Å²) < 4.78 is 6.73. The number of carboxylic acid groups (broad SMARTS) is 1. The summed E-state index contributed by atoms with van der Waals surface area (Å²) in [5, 5.41) is 22.6. The second kappa shape index (κ2) is 5.01. The van der Waals surface area contributed by atoms with Crippen molar-refractivity contribution in [3.8, 4) is 17.3 Å². The lowest BCUT2D eigenvalue weighted by molar-refractivity contribution is -0.136. The number of nitrogens with zero attached hydrogens (tertiary/aromatic N) is 2. The van der Waals surface area contributed by atoms with E-state index in [9.17, 15) is 9.90 Å². The van der Waals surface area contributed by atoms with E-state index in [0.717, 1.165) is 0 Å². The van der Waals surface area contributed by atoms with Crippen LogP contribution in [0.3, 0.4) is 0 Å². The normalized spacial score (nSPS) is 10.4. The maximum atomic E-state index is 10.9. The number of hydrogen-bond donors (Lipinski definition) is 2. The van der Waals surface area contributed by atoms with Gasteiger partial charge in [-0.25, -0.2) is 4.68 Å². The molecule has 6 heteroatoms. The zero-order valence-corrected chi connectivity index (χ0v) is 10.6. The predicted octanol–water partition coefficient (Wildman–Crippen LogP) is 1.52. The van der Waals surface area contributed by atoms with Crippen molar-refractivity contribution in [2.45, 2.75) is 13.3 Å². The number of methoxy groups -OCH3 is 1. The van der Waals surface area contributed by atoms with Gasteiger partial charge < -0.3 is 14.9 Å². The van der Waals surface area contributed by atoms with Crippen LogP contribution in [0.1, 0.15) is 11.3 Å². The summed E-state index contributed by atoms with van der Waals surface area (Å²) in [5.41, 5.74) is 1.72. The SMILES string of the molecule is COc1c(CC(=O)O)c(C)nn1-c1cccc(O)c1. The molecule has 1 heterocycles. The molecule has 1 aromatic heterocycles. The quantitative estimate of drug-likeness (QED) is 0.872. The Hall–Kier alpha value is -2.50. The topological polar surface area (TPSA) is 84.6 Å². The van der Waals surface area contributed by atoms with Gasteiger partial charge in [0, 0.05) is 11.6 Å².